The second-order valence-electron chi connectivity index (χ2n) is 7.43. The van der Waals surface area contributed by atoms with Gasteiger partial charge in [0, 0.05) is 17.5 Å². The maximum Gasteiger partial charge on any atom is 0.326 e. The number of carbonyl (C=O) groups excluding carboxylic acids is 3. The summed E-state index contributed by atoms with van der Waals surface area (Å²) in [7, 11) is 0. The zero-order valence-electron chi connectivity index (χ0n) is 16.0. The molecule has 1 aliphatic rings. The molecule has 0 saturated carbocycles. The van der Waals surface area contributed by atoms with Crippen LogP contribution in [-0.2, 0) is 4.79 Å². The van der Waals surface area contributed by atoms with Crippen LogP contribution in [0, 0.1) is 5.41 Å². The summed E-state index contributed by atoms with van der Waals surface area (Å²) in [4.78, 5) is 49.1. The van der Waals surface area contributed by atoms with Gasteiger partial charge in [0.1, 0.15) is 6.04 Å². The van der Waals surface area contributed by atoms with Gasteiger partial charge in [0.25, 0.3) is 17.7 Å². The molecule has 1 atom stereocenters. The van der Waals surface area contributed by atoms with E-state index in [9.17, 15) is 24.3 Å². The highest BCUT2D eigenvalue weighted by molar-refractivity contribution is 6.20. The Bertz CT molecular complexity index is 936. The van der Waals surface area contributed by atoms with Gasteiger partial charge in [-0.05, 0) is 24.3 Å². The van der Waals surface area contributed by atoms with Crippen LogP contribution in [0.5, 0.6) is 0 Å². The van der Waals surface area contributed by atoms with Crippen LogP contribution in [0.1, 0.15) is 44.9 Å². The van der Waals surface area contributed by atoms with E-state index in [-0.39, 0.29) is 17.7 Å². The lowest BCUT2D eigenvalue weighted by Gasteiger charge is -2.33. The van der Waals surface area contributed by atoms with E-state index in [0.717, 1.165) is 5.01 Å². The molecule has 2 aromatic carbocycles. The van der Waals surface area contributed by atoms with Crippen LogP contribution < -0.4 is 10.7 Å². The number of carboxylic acid groups (broad SMARTS) is 1. The van der Waals surface area contributed by atoms with E-state index in [1.54, 1.807) is 68.4 Å². The van der Waals surface area contributed by atoms with Crippen LogP contribution in [-0.4, -0.2) is 46.4 Å². The fraction of sp³-hybridized carbons (Fsp3) is 0.238. The Morgan fingerprint density at radius 3 is 2.00 bits per heavy atom. The summed E-state index contributed by atoms with van der Waals surface area (Å²) in [5.41, 5.74) is 2.62. The van der Waals surface area contributed by atoms with Crippen LogP contribution in [0.2, 0.25) is 0 Å². The predicted octanol–water partition coefficient (Wildman–Crippen LogP) is 1.70. The van der Waals surface area contributed by atoms with Crippen molar-refractivity contribution in [2.24, 2.45) is 5.41 Å². The average Bonchev–Trinajstić information content (AvgIpc) is 2.95. The normalized spacial score (nSPS) is 14.5. The van der Waals surface area contributed by atoms with Crippen molar-refractivity contribution < 1.29 is 24.3 Å². The van der Waals surface area contributed by atoms with Gasteiger partial charge in [0.05, 0.1) is 11.1 Å². The molecule has 0 radical (unpaired) electrons. The average molecular weight is 395 g/mol. The minimum atomic E-state index is -1.25. The highest BCUT2D eigenvalue weighted by Crippen LogP contribution is 2.24. The molecule has 3 amide bonds. The van der Waals surface area contributed by atoms with Gasteiger partial charge in [-0.2, -0.15) is 0 Å². The lowest BCUT2D eigenvalue weighted by molar-refractivity contribution is -0.142. The van der Waals surface area contributed by atoms with E-state index in [2.05, 4.69) is 10.7 Å². The largest absolute Gasteiger partial charge is 0.480 e. The summed E-state index contributed by atoms with van der Waals surface area (Å²) in [6.07, 6.45) is 0. The van der Waals surface area contributed by atoms with Gasteiger partial charge in [-0.15, -0.1) is 0 Å². The van der Waals surface area contributed by atoms with Gasteiger partial charge >= 0.3 is 5.97 Å². The van der Waals surface area contributed by atoms with Crippen molar-refractivity contribution in [2.75, 3.05) is 6.54 Å². The zero-order valence-corrected chi connectivity index (χ0v) is 16.0. The predicted molar refractivity (Wildman–Crippen MR) is 104 cm³/mol. The fourth-order valence-electron chi connectivity index (χ4n) is 3.11. The van der Waals surface area contributed by atoms with Crippen LogP contribution in [0.15, 0.2) is 54.6 Å². The minimum absolute atomic E-state index is 0.0372. The molecule has 150 valence electrons. The Labute approximate surface area is 167 Å². The third-order valence-electron chi connectivity index (χ3n) is 4.83. The minimum Gasteiger partial charge on any atom is -0.480 e. The molecule has 29 heavy (non-hydrogen) atoms. The molecule has 0 bridgehead atoms. The van der Waals surface area contributed by atoms with Crippen molar-refractivity contribution in [1.82, 2.24) is 15.8 Å². The fourth-order valence-corrected chi connectivity index (χ4v) is 3.11. The van der Waals surface area contributed by atoms with Crippen LogP contribution in [0.25, 0.3) is 0 Å². The highest BCUT2D eigenvalue weighted by Gasteiger charge is 2.40. The SMILES string of the molecule is CC(C)(CNN1C(=O)c2ccccc2C1=O)C(NC(=O)c1ccccc1)C(=O)O. The van der Waals surface area contributed by atoms with Gasteiger partial charge < -0.3 is 10.4 Å². The molecule has 1 unspecified atom stereocenters. The summed E-state index contributed by atoms with van der Waals surface area (Å²) in [5, 5.41) is 13.1. The molecule has 8 heteroatoms. The van der Waals surface area contributed by atoms with Gasteiger partial charge in [0.2, 0.25) is 0 Å². The molecule has 1 heterocycles. The van der Waals surface area contributed by atoms with Crippen LogP contribution >= 0.6 is 0 Å². The van der Waals surface area contributed by atoms with E-state index in [1.165, 1.54) is 0 Å². The molecule has 0 aliphatic carbocycles. The smallest absolute Gasteiger partial charge is 0.326 e. The molecule has 3 rings (SSSR count). The first-order valence-corrected chi connectivity index (χ1v) is 9.02. The maximum atomic E-state index is 12.4. The van der Waals surface area contributed by atoms with E-state index in [4.69, 9.17) is 0 Å². The number of hydrazine groups is 1. The summed E-state index contributed by atoms with van der Waals surface area (Å²) >= 11 is 0. The number of amides is 3. The number of nitrogens with one attached hydrogen (secondary N) is 2. The van der Waals surface area contributed by atoms with Gasteiger partial charge in [-0.1, -0.05) is 44.2 Å². The molecular formula is C21H21N3O5. The van der Waals surface area contributed by atoms with Gasteiger partial charge in [-0.3, -0.25) is 14.4 Å². The number of hydrogen-bond donors (Lipinski definition) is 3. The molecular weight excluding hydrogens is 374 g/mol. The molecule has 0 spiro atoms. The van der Waals surface area contributed by atoms with E-state index in [0.29, 0.717) is 5.56 Å². The molecule has 0 aromatic heterocycles. The standard InChI is InChI=1S/C21H21N3O5/c1-21(2,16(20(28)29)23-17(25)13-8-4-3-5-9-13)12-22-24-18(26)14-10-6-7-11-15(14)19(24)27/h3-11,16,22H,12H2,1-2H3,(H,23,25)(H,28,29). The zero-order chi connectivity index (χ0) is 21.2. The monoisotopic (exact) mass is 395 g/mol. The topological polar surface area (TPSA) is 116 Å². The number of rotatable bonds is 7. The maximum absolute atomic E-state index is 12.4. The summed E-state index contributed by atoms with van der Waals surface area (Å²) < 4.78 is 0. The molecule has 0 fully saturated rings. The van der Waals surface area contributed by atoms with Crippen molar-refractivity contribution in [3.05, 3.63) is 71.3 Å². The van der Waals surface area contributed by atoms with Crippen molar-refractivity contribution in [3.8, 4) is 0 Å². The van der Waals surface area contributed by atoms with Crippen molar-refractivity contribution >= 4 is 23.7 Å². The summed E-state index contributed by atoms with van der Waals surface area (Å²) in [6.45, 7) is 3.22. The van der Waals surface area contributed by atoms with E-state index < -0.39 is 35.1 Å². The number of imide groups is 1. The molecule has 0 saturated heterocycles. The first-order valence-electron chi connectivity index (χ1n) is 9.02. The second kappa shape index (κ2) is 7.84. The molecule has 2 aromatic rings. The van der Waals surface area contributed by atoms with Gasteiger partial charge in [-0.25, -0.2) is 15.2 Å². The highest BCUT2D eigenvalue weighted by atomic mass is 16.4. The molecule has 1 aliphatic heterocycles. The Kier molecular flexibility index (Phi) is 5.47. The number of fused-ring (bicyclic) bond motifs is 1. The van der Waals surface area contributed by atoms with Crippen molar-refractivity contribution in [1.29, 1.82) is 0 Å². The number of nitrogens with zero attached hydrogens (tertiary/aromatic N) is 1. The first kappa shape index (κ1) is 20.2. The second-order valence-corrected chi connectivity index (χ2v) is 7.43. The van der Waals surface area contributed by atoms with E-state index >= 15 is 0 Å². The van der Waals surface area contributed by atoms with Crippen LogP contribution in [0.3, 0.4) is 0 Å². The third-order valence-corrected chi connectivity index (χ3v) is 4.83. The first-order chi connectivity index (χ1) is 13.7. The number of carboxylic acids is 1. The van der Waals surface area contributed by atoms with Crippen LogP contribution in [0.4, 0.5) is 0 Å². The summed E-state index contributed by atoms with van der Waals surface area (Å²) in [6, 6.07) is 13.5. The Balaban J connectivity index is 1.71. The Morgan fingerprint density at radius 2 is 1.48 bits per heavy atom. The molecule has 3 N–H and O–H groups in total. The van der Waals surface area contributed by atoms with Crippen molar-refractivity contribution in [2.45, 2.75) is 19.9 Å². The molecule has 8 nitrogen and oxygen atoms in total. The van der Waals surface area contributed by atoms with E-state index in [1.807, 2.05) is 0 Å². The lowest BCUT2D eigenvalue weighted by atomic mass is 9.84. The number of aliphatic carboxylic acids is 1. The lowest BCUT2D eigenvalue weighted by Crippen LogP contribution is -2.56. The summed E-state index contributed by atoms with van der Waals surface area (Å²) in [5.74, 6) is -2.74. The number of hydrogen-bond acceptors (Lipinski definition) is 5. The third kappa shape index (κ3) is 4.02. The Morgan fingerprint density at radius 1 is 0.966 bits per heavy atom. The quantitative estimate of drug-likeness (QED) is 0.615. The number of benzene rings is 2. The number of carbonyl (C=O) groups is 4. The van der Waals surface area contributed by atoms with Gasteiger partial charge in [0.15, 0.2) is 0 Å². The van der Waals surface area contributed by atoms with Crippen molar-refractivity contribution in [3.63, 3.8) is 0 Å². The Hall–Kier alpha value is -3.52.